The SMILES string of the molecule is COc1cccc(CCNC(C)c2ccc(C)cc2C)c1. The predicted molar refractivity (Wildman–Crippen MR) is 89.0 cm³/mol. The molecule has 0 saturated carbocycles. The van der Waals surface area contributed by atoms with Gasteiger partial charge >= 0.3 is 0 Å². The second kappa shape index (κ2) is 7.28. The van der Waals surface area contributed by atoms with Crippen molar-refractivity contribution in [1.29, 1.82) is 0 Å². The maximum atomic E-state index is 5.26. The molecule has 112 valence electrons. The summed E-state index contributed by atoms with van der Waals surface area (Å²) in [5, 5.41) is 3.60. The fourth-order valence-electron chi connectivity index (χ4n) is 2.68. The Labute approximate surface area is 128 Å². The molecule has 0 amide bonds. The minimum absolute atomic E-state index is 0.371. The Morgan fingerprint density at radius 1 is 1.10 bits per heavy atom. The molecule has 0 spiro atoms. The minimum atomic E-state index is 0.371. The van der Waals surface area contributed by atoms with E-state index in [9.17, 15) is 0 Å². The third-order valence-corrected chi connectivity index (χ3v) is 3.89. The Morgan fingerprint density at radius 2 is 1.90 bits per heavy atom. The molecular weight excluding hydrogens is 258 g/mol. The second-order valence-corrected chi connectivity index (χ2v) is 5.64. The van der Waals surface area contributed by atoms with Gasteiger partial charge in [0.2, 0.25) is 0 Å². The quantitative estimate of drug-likeness (QED) is 0.857. The highest BCUT2D eigenvalue weighted by Crippen LogP contribution is 2.19. The minimum Gasteiger partial charge on any atom is -0.497 e. The molecule has 21 heavy (non-hydrogen) atoms. The fourth-order valence-corrected chi connectivity index (χ4v) is 2.68. The molecule has 0 fully saturated rings. The molecule has 0 aliphatic carbocycles. The van der Waals surface area contributed by atoms with Crippen LogP contribution in [0.25, 0.3) is 0 Å². The van der Waals surface area contributed by atoms with Gasteiger partial charge in [0.05, 0.1) is 7.11 Å². The summed E-state index contributed by atoms with van der Waals surface area (Å²) in [4.78, 5) is 0. The Balaban J connectivity index is 1.90. The molecule has 2 aromatic carbocycles. The van der Waals surface area contributed by atoms with Crippen LogP contribution >= 0.6 is 0 Å². The third kappa shape index (κ3) is 4.33. The Kier molecular flexibility index (Phi) is 5.40. The molecular formula is C19H25NO. The van der Waals surface area contributed by atoms with E-state index in [0.29, 0.717) is 6.04 Å². The lowest BCUT2D eigenvalue weighted by Crippen LogP contribution is -2.22. The van der Waals surface area contributed by atoms with Crippen LogP contribution in [0.3, 0.4) is 0 Å². The summed E-state index contributed by atoms with van der Waals surface area (Å²) in [6.07, 6.45) is 1.01. The van der Waals surface area contributed by atoms with E-state index in [-0.39, 0.29) is 0 Å². The van der Waals surface area contributed by atoms with Gasteiger partial charge < -0.3 is 10.1 Å². The Morgan fingerprint density at radius 3 is 2.62 bits per heavy atom. The van der Waals surface area contributed by atoms with Gasteiger partial charge in [-0.15, -0.1) is 0 Å². The third-order valence-electron chi connectivity index (χ3n) is 3.89. The van der Waals surface area contributed by atoms with Crippen LogP contribution in [0.2, 0.25) is 0 Å². The molecule has 0 aromatic heterocycles. The first-order chi connectivity index (χ1) is 10.1. The van der Waals surface area contributed by atoms with E-state index in [2.05, 4.69) is 56.4 Å². The average Bonchev–Trinajstić information content (AvgIpc) is 2.47. The van der Waals surface area contributed by atoms with Crippen molar-refractivity contribution in [2.75, 3.05) is 13.7 Å². The molecule has 0 heterocycles. The average molecular weight is 283 g/mol. The smallest absolute Gasteiger partial charge is 0.119 e. The number of nitrogens with one attached hydrogen (secondary N) is 1. The van der Waals surface area contributed by atoms with Gasteiger partial charge in [0.1, 0.15) is 5.75 Å². The first kappa shape index (κ1) is 15.6. The summed E-state index contributed by atoms with van der Waals surface area (Å²) in [6, 6.07) is 15.3. The van der Waals surface area contributed by atoms with Gasteiger partial charge in [-0.1, -0.05) is 35.9 Å². The molecule has 0 radical (unpaired) electrons. The molecule has 1 N–H and O–H groups in total. The monoisotopic (exact) mass is 283 g/mol. The van der Waals surface area contributed by atoms with Crippen molar-refractivity contribution >= 4 is 0 Å². The first-order valence-electron chi connectivity index (χ1n) is 7.53. The van der Waals surface area contributed by atoms with Crippen LogP contribution in [0.15, 0.2) is 42.5 Å². The molecule has 0 aliphatic rings. The highest BCUT2D eigenvalue weighted by molar-refractivity contribution is 5.32. The number of aryl methyl sites for hydroxylation is 2. The molecule has 2 heteroatoms. The van der Waals surface area contributed by atoms with Crippen molar-refractivity contribution in [2.45, 2.75) is 33.2 Å². The number of hydrogen-bond donors (Lipinski definition) is 1. The predicted octanol–water partition coefficient (Wildman–Crippen LogP) is 4.21. The molecule has 0 saturated heterocycles. The van der Waals surface area contributed by atoms with Gasteiger partial charge in [-0.3, -0.25) is 0 Å². The van der Waals surface area contributed by atoms with Crippen molar-refractivity contribution in [1.82, 2.24) is 5.32 Å². The first-order valence-corrected chi connectivity index (χ1v) is 7.53. The summed E-state index contributed by atoms with van der Waals surface area (Å²) >= 11 is 0. The highest BCUT2D eigenvalue weighted by atomic mass is 16.5. The van der Waals surface area contributed by atoms with E-state index in [4.69, 9.17) is 4.74 Å². The molecule has 1 atom stereocenters. The van der Waals surface area contributed by atoms with Crippen LogP contribution in [-0.4, -0.2) is 13.7 Å². The number of methoxy groups -OCH3 is 1. The van der Waals surface area contributed by atoms with Crippen molar-refractivity contribution < 1.29 is 4.74 Å². The van der Waals surface area contributed by atoms with Crippen LogP contribution in [0.4, 0.5) is 0 Å². The fraction of sp³-hybridized carbons (Fsp3) is 0.368. The van der Waals surface area contributed by atoms with Crippen LogP contribution in [0.1, 0.15) is 35.2 Å². The Bertz CT molecular complexity index is 592. The van der Waals surface area contributed by atoms with Gasteiger partial charge in [-0.05, 0) is 62.6 Å². The number of rotatable bonds is 6. The van der Waals surface area contributed by atoms with E-state index < -0.39 is 0 Å². The van der Waals surface area contributed by atoms with Crippen molar-refractivity contribution in [3.8, 4) is 5.75 Å². The lowest BCUT2D eigenvalue weighted by atomic mass is 10.00. The molecule has 2 nitrogen and oxygen atoms in total. The lowest BCUT2D eigenvalue weighted by Gasteiger charge is -2.17. The van der Waals surface area contributed by atoms with E-state index in [1.165, 1.54) is 22.3 Å². The summed E-state index contributed by atoms with van der Waals surface area (Å²) in [5.41, 5.74) is 5.36. The van der Waals surface area contributed by atoms with E-state index >= 15 is 0 Å². The standard InChI is InChI=1S/C19H25NO/c1-14-8-9-19(15(2)12-14)16(3)20-11-10-17-6-5-7-18(13-17)21-4/h5-9,12-13,16,20H,10-11H2,1-4H3. The van der Waals surface area contributed by atoms with Crippen molar-refractivity contribution in [3.63, 3.8) is 0 Å². The Hall–Kier alpha value is -1.80. The molecule has 1 unspecified atom stereocenters. The summed E-state index contributed by atoms with van der Waals surface area (Å²) in [7, 11) is 1.71. The molecule has 2 aromatic rings. The van der Waals surface area contributed by atoms with Crippen LogP contribution in [0.5, 0.6) is 5.75 Å². The topological polar surface area (TPSA) is 21.3 Å². The molecule has 2 rings (SSSR count). The zero-order valence-corrected chi connectivity index (χ0v) is 13.4. The van der Waals surface area contributed by atoms with Crippen LogP contribution < -0.4 is 10.1 Å². The van der Waals surface area contributed by atoms with E-state index in [1.807, 2.05) is 12.1 Å². The van der Waals surface area contributed by atoms with E-state index in [1.54, 1.807) is 7.11 Å². The van der Waals surface area contributed by atoms with Crippen LogP contribution in [-0.2, 0) is 6.42 Å². The van der Waals surface area contributed by atoms with Crippen molar-refractivity contribution in [3.05, 3.63) is 64.7 Å². The van der Waals surface area contributed by atoms with Gasteiger partial charge in [-0.2, -0.15) is 0 Å². The van der Waals surface area contributed by atoms with E-state index in [0.717, 1.165) is 18.7 Å². The maximum absolute atomic E-state index is 5.26. The molecule has 0 aliphatic heterocycles. The van der Waals surface area contributed by atoms with Gasteiger partial charge in [0.15, 0.2) is 0 Å². The largest absolute Gasteiger partial charge is 0.497 e. The lowest BCUT2D eigenvalue weighted by molar-refractivity contribution is 0.414. The zero-order valence-electron chi connectivity index (χ0n) is 13.4. The van der Waals surface area contributed by atoms with Gasteiger partial charge in [-0.25, -0.2) is 0 Å². The number of ether oxygens (including phenoxy) is 1. The summed E-state index contributed by atoms with van der Waals surface area (Å²) < 4.78 is 5.26. The normalized spacial score (nSPS) is 12.2. The highest BCUT2D eigenvalue weighted by Gasteiger charge is 2.07. The maximum Gasteiger partial charge on any atom is 0.119 e. The second-order valence-electron chi connectivity index (χ2n) is 5.64. The van der Waals surface area contributed by atoms with Crippen molar-refractivity contribution in [2.24, 2.45) is 0 Å². The van der Waals surface area contributed by atoms with Gasteiger partial charge in [0, 0.05) is 6.04 Å². The number of benzene rings is 2. The van der Waals surface area contributed by atoms with Gasteiger partial charge in [0.25, 0.3) is 0 Å². The number of hydrogen-bond acceptors (Lipinski definition) is 2. The van der Waals surface area contributed by atoms with Crippen LogP contribution in [0, 0.1) is 13.8 Å². The zero-order chi connectivity index (χ0) is 15.2. The summed E-state index contributed by atoms with van der Waals surface area (Å²) in [6.45, 7) is 7.51. The summed E-state index contributed by atoms with van der Waals surface area (Å²) in [5.74, 6) is 0.926. The molecule has 0 bridgehead atoms.